The van der Waals surface area contributed by atoms with Crippen LogP contribution in [0.15, 0.2) is 42.5 Å². The molecule has 29 heavy (non-hydrogen) atoms. The van der Waals surface area contributed by atoms with E-state index in [2.05, 4.69) is 10.8 Å². The second-order valence-electron chi connectivity index (χ2n) is 8.80. The highest BCUT2D eigenvalue weighted by molar-refractivity contribution is 7.84. The Morgan fingerprint density at radius 2 is 1.79 bits per heavy atom. The highest BCUT2D eigenvalue weighted by atomic mass is 32.2. The Balaban J connectivity index is 2.16. The summed E-state index contributed by atoms with van der Waals surface area (Å²) >= 11 is 0. The van der Waals surface area contributed by atoms with Crippen molar-refractivity contribution in [3.63, 3.8) is 0 Å². The number of nitrogens with zero attached hydrogens (tertiary/aromatic N) is 1. The molecule has 2 aromatic rings. The van der Waals surface area contributed by atoms with Crippen molar-refractivity contribution < 1.29 is 8.60 Å². The molecule has 1 aliphatic carbocycles. The van der Waals surface area contributed by atoms with Gasteiger partial charge in [0.05, 0.1) is 38.6 Å². The first-order valence-electron chi connectivity index (χ1n) is 9.91. The van der Waals surface area contributed by atoms with Crippen LogP contribution in [0.25, 0.3) is 0 Å². The maximum Gasteiger partial charge on any atom is 0.146 e. The highest BCUT2D eigenvalue weighted by Gasteiger charge is 2.40. The molecule has 0 heterocycles. The van der Waals surface area contributed by atoms with E-state index >= 15 is 0 Å². The van der Waals surface area contributed by atoms with E-state index in [-0.39, 0.29) is 5.69 Å². The van der Waals surface area contributed by atoms with Gasteiger partial charge in [-0.25, -0.2) is 13.3 Å². The number of nitrogen functional groups attached to an aromatic ring is 1. The molecule has 2 unspecified atom stereocenters. The number of nitriles is 1. The molecule has 1 fully saturated rings. The molecule has 0 spiro atoms. The minimum Gasteiger partial charge on any atom is -0.396 e. The molecule has 0 aliphatic heterocycles. The van der Waals surface area contributed by atoms with Gasteiger partial charge in [0.15, 0.2) is 0 Å². The first-order valence-corrected chi connectivity index (χ1v) is 11.1. The molecule has 1 aliphatic rings. The van der Waals surface area contributed by atoms with Crippen LogP contribution in [0, 0.1) is 23.1 Å². The second kappa shape index (κ2) is 8.25. The molecule has 3 N–H and O–H groups in total. The molecular formula is C23H28FN3OS. The molecule has 154 valence electrons. The quantitative estimate of drug-likeness (QED) is 0.642. The Bertz CT molecular complexity index is 942. The van der Waals surface area contributed by atoms with E-state index in [1.807, 2.05) is 32.9 Å². The monoisotopic (exact) mass is 413 g/mol. The van der Waals surface area contributed by atoms with E-state index in [1.54, 1.807) is 24.3 Å². The van der Waals surface area contributed by atoms with Gasteiger partial charge in [-0.15, -0.1) is 0 Å². The topological polar surface area (TPSA) is 78.9 Å². The third-order valence-electron chi connectivity index (χ3n) is 5.44. The van der Waals surface area contributed by atoms with Crippen molar-refractivity contribution in [1.29, 1.82) is 5.26 Å². The summed E-state index contributed by atoms with van der Waals surface area (Å²) in [7, 11) is -1.37. The summed E-state index contributed by atoms with van der Waals surface area (Å²) < 4.78 is 30.0. The summed E-state index contributed by atoms with van der Waals surface area (Å²) in [5.74, 6) is 0.192. The molecule has 0 bridgehead atoms. The number of hydrogen-bond acceptors (Lipinski definition) is 3. The summed E-state index contributed by atoms with van der Waals surface area (Å²) in [5, 5.41) is 9.18. The van der Waals surface area contributed by atoms with E-state index < -0.39 is 27.1 Å². The van der Waals surface area contributed by atoms with Crippen LogP contribution in [-0.4, -0.2) is 8.96 Å². The van der Waals surface area contributed by atoms with Gasteiger partial charge in [-0.05, 0) is 74.9 Å². The molecule has 3 rings (SSSR count). The van der Waals surface area contributed by atoms with Crippen molar-refractivity contribution in [2.24, 2.45) is 5.92 Å². The third kappa shape index (κ3) is 4.85. The normalized spacial score (nSPS) is 17.3. The summed E-state index contributed by atoms with van der Waals surface area (Å²) in [4.78, 5) is 0. The number of nitrogens with two attached hydrogens (primary N) is 1. The maximum absolute atomic E-state index is 13.9. The molecular weight excluding hydrogens is 385 g/mol. The van der Waals surface area contributed by atoms with Gasteiger partial charge in [0.1, 0.15) is 5.82 Å². The van der Waals surface area contributed by atoms with E-state index in [9.17, 15) is 13.9 Å². The lowest BCUT2D eigenvalue weighted by atomic mass is 9.79. The second-order valence-corrected chi connectivity index (χ2v) is 10.8. The number of nitrogens with one attached hydrogen (secondary N) is 1. The number of anilines is 1. The van der Waals surface area contributed by atoms with Crippen molar-refractivity contribution in [1.82, 2.24) is 4.72 Å². The van der Waals surface area contributed by atoms with Crippen LogP contribution < -0.4 is 10.5 Å². The van der Waals surface area contributed by atoms with E-state index in [0.717, 1.165) is 17.5 Å². The third-order valence-corrected chi connectivity index (χ3v) is 7.09. The van der Waals surface area contributed by atoms with Crippen LogP contribution in [0.2, 0.25) is 0 Å². The summed E-state index contributed by atoms with van der Waals surface area (Å²) in [6.45, 7) is 5.75. The molecule has 0 saturated heterocycles. The summed E-state index contributed by atoms with van der Waals surface area (Å²) in [6, 6.07) is 14.1. The maximum atomic E-state index is 13.9. The SMILES string of the molecule is CC(C)(C)S(=O)NC(CCC1CC1)(c1ccc(C#N)cc1)c1ccc(F)c(N)c1. The van der Waals surface area contributed by atoms with Gasteiger partial charge in [-0.3, -0.25) is 0 Å². The number of benzene rings is 2. The van der Waals surface area contributed by atoms with E-state index in [0.29, 0.717) is 17.9 Å². The van der Waals surface area contributed by atoms with Crippen LogP contribution in [0.4, 0.5) is 10.1 Å². The van der Waals surface area contributed by atoms with Crippen molar-refractivity contribution in [2.45, 2.75) is 56.7 Å². The van der Waals surface area contributed by atoms with Crippen molar-refractivity contribution in [3.05, 3.63) is 65.0 Å². The van der Waals surface area contributed by atoms with E-state index in [4.69, 9.17) is 5.73 Å². The predicted molar refractivity (Wildman–Crippen MR) is 116 cm³/mol. The molecule has 0 radical (unpaired) electrons. The zero-order valence-electron chi connectivity index (χ0n) is 17.2. The Labute approximate surface area is 174 Å². The Hall–Kier alpha value is -2.23. The Morgan fingerprint density at radius 1 is 1.17 bits per heavy atom. The van der Waals surface area contributed by atoms with Gasteiger partial charge in [0.25, 0.3) is 0 Å². The lowest BCUT2D eigenvalue weighted by Gasteiger charge is -2.38. The van der Waals surface area contributed by atoms with Gasteiger partial charge in [-0.2, -0.15) is 5.26 Å². The molecule has 0 amide bonds. The van der Waals surface area contributed by atoms with Gasteiger partial charge < -0.3 is 5.73 Å². The zero-order valence-corrected chi connectivity index (χ0v) is 18.0. The van der Waals surface area contributed by atoms with Crippen LogP contribution in [-0.2, 0) is 16.5 Å². The lowest BCUT2D eigenvalue weighted by molar-refractivity contribution is 0.415. The molecule has 0 aromatic heterocycles. The molecule has 6 heteroatoms. The average molecular weight is 414 g/mol. The van der Waals surface area contributed by atoms with Gasteiger partial charge in [-0.1, -0.05) is 31.0 Å². The fourth-order valence-corrected chi connectivity index (χ4v) is 4.36. The average Bonchev–Trinajstić information content (AvgIpc) is 3.51. The molecule has 2 aromatic carbocycles. The fraction of sp³-hybridized carbons (Fsp3) is 0.435. The smallest absolute Gasteiger partial charge is 0.146 e. The Kier molecular flexibility index (Phi) is 6.11. The first-order chi connectivity index (χ1) is 13.7. The fourth-order valence-electron chi connectivity index (χ4n) is 3.40. The van der Waals surface area contributed by atoms with Crippen LogP contribution >= 0.6 is 0 Å². The standard InChI is InChI=1S/C23H28FN3OS/c1-22(2,3)29(28)27-23(13-12-16-4-5-16,18-8-6-17(15-25)7-9-18)19-10-11-20(24)21(26)14-19/h6-11,14,16,27H,4-5,12-13,26H2,1-3H3. The van der Waals surface area contributed by atoms with Gasteiger partial charge in [0.2, 0.25) is 0 Å². The predicted octanol–water partition coefficient (Wildman–Crippen LogP) is 4.77. The van der Waals surface area contributed by atoms with Crippen molar-refractivity contribution in [3.8, 4) is 6.07 Å². The summed E-state index contributed by atoms with van der Waals surface area (Å²) in [6.07, 6.45) is 4.08. The number of hydrogen-bond donors (Lipinski definition) is 2. The van der Waals surface area contributed by atoms with Gasteiger partial charge >= 0.3 is 0 Å². The summed E-state index contributed by atoms with van der Waals surface area (Å²) in [5.41, 5.74) is 7.40. The Morgan fingerprint density at radius 3 is 2.31 bits per heavy atom. The zero-order chi connectivity index (χ0) is 21.2. The molecule has 1 saturated carbocycles. The highest BCUT2D eigenvalue weighted by Crippen LogP contribution is 2.42. The minimum atomic E-state index is -1.37. The van der Waals surface area contributed by atoms with Crippen LogP contribution in [0.5, 0.6) is 0 Å². The van der Waals surface area contributed by atoms with Crippen LogP contribution in [0.3, 0.4) is 0 Å². The number of halogens is 1. The lowest BCUT2D eigenvalue weighted by Crippen LogP contribution is -2.49. The molecule has 4 nitrogen and oxygen atoms in total. The van der Waals surface area contributed by atoms with Crippen molar-refractivity contribution in [2.75, 3.05) is 5.73 Å². The minimum absolute atomic E-state index is 0.0651. The van der Waals surface area contributed by atoms with Crippen molar-refractivity contribution >= 4 is 16.7 Å². The molecule has 2 atom stereocenters. The largest absolute Gasteiger partial charge is 0.396 e. The number of rotatable bonds is 7. The first kappa shape index (κ1) is 21.5. The van der Waals surface area contributed by atoms with Crippen LogP contribution in [0.1, 0.15) is 63.1 Å². The van der Waals surface area contributed by atoms with Gasteiger partial charge in [0, 0.05) is 0 Å². The van der Waals surface area contributed by atoms with E-state index in [1.165, 1.54) is 18.9 Å².